The summed E-state index contributed by atoms with van der Waals surface area (Å²) in [5, 5.41) is 0. The molecule has 1 nitrogen and oxygen atoms in total. The predicted molar refractivity (Wildman–Crippen MR) is 63.3 cm³/mol. The van der Waals surface area contributed by atoms with Gasteiger partial charge in [-0.05, 0) is 12.8 Å². The zero-order valence-electron chi connectivity index (χ0n) is 10.8. The normalized spacial score (nSPS) is 8.31. The van der Waals surface area contributed by atoms with Crippen molar-refractivity contribution in [3.8, 4) is 0 Å². The van der Waals surface area contributed by atoms with Crippen molar-refractivity contribution in [2.75, 3.05) is 7.11 Å². The Kier molecular flexibility index (Phi) is 32.6. The first-order chi connectivity index (χ1) is 6.17. The van der Waals surface area contributed by atoms with Crippen molar-refractivity contribution in [1.82, 2.24) is 0 Å². The van der Waals surface area contributed by atoms with Crippen LogP contribution in [0.25, 0.3) is 0 Å². The summed E-state index contributed by atoms with van der Waals surface area (Å²) in [5.41, 5.74) is 0. The predicted octanol–water partition coefficient (Wildman–Crippen LogP) is 4.65. The highest BCUT2D eigenvalue weighted by Crippen LogP contribution is 1.98. The van der Waals surface area contributed by atoms with Gasteiger partial charge >= 0.3 is 0 Å². The first kappa shape index (κ1) is 18.7. The van der Waals surface area contributed by atoms with Crippen LogP contribution in [0.15, 0.2) is 0 Å². The smallest absolute Gasteiger partial charge is 0.0566 e. The first-order valence-corrected chi connectivity index (χ1v) is 5.70. The van der Waals surface area contributed by atoms with Gasteiger partial charge in [0, 0.05) is 7.11 Å². The molecule has 0 amide bonds. The number of rotatable bonds is 3. The molecular formula is C12H30O. The minimum Gasteiger partial charge on any atom is -0.381 e. The van der Waals surface area contributed by atoms with Gasteiger partial charge in [-0.2, -0.15) is 0 Å². The Hall–Kier alpha value is -0.0400. The second-order valence-electron chi connectivity index (χ2n) is 3.09. The van der Waals surface area contributed by atoms with E-state index in [1.54, 1.807) is 7.11 Å². The van der Waals surface area contributed by atoms with Crippen molar-refractivity contribution in [2.45, 2.75) is 73.3 Å². The molecule has 84 valence electrons. The average molecular weight is 190 g/mol. The summed E-state index contributed by atoms with van der Waals surface area (Å²) in [6.45, 7) is 12.8. The van der Waals surface area contributed by atoms with E-state index in [2.05, 4.69) is 41.5 Å². The highest BCUT2D eigenvalue weighted by atomic mass is 16.5. The molecule has 0 bridgehead atoms. The van der Waals surface area contributed by atoms with Gasteiger partial charge in [0.25, 0.3) is 0 Å². The molecule has 0 aromatic rings. The van der Waals surface area contributed by atoms with Crippen LogP contribution in [-0.4, -0.2) is 13.2 Å². The third kappa shape index (κ3) is 33.4. The monoisotopic (exact) mass is 190 g/mol. The van der Waals surface area contributed by atoms with Gasteiger partial charge in [0.05, 0.1) is 6.10 Å². The third-order valence-electron chi connectivity index (χ3n) is 1.24. The van der Waals surface area contributed by atoms with E-state index in [-0.39, 0.29) is 0 Å². The molecular weight excluding hydrogens is 160 g/mol. The molecule has 0 rings (SSSR count). The van der Waals surface area contributed by atoms with Crippen LogP contribution in [0.2, 0.25) is 0 Å². The van der Waals surface area contributed by atoms with Crippen molar-refractivity contribution >= 4 is 0 Å². The van der Waals surface area contributed by atoms with E-state index in [1.807, 2.05) is 0 Å². The van der Waals surface area contributed by atoms with E-state index in [4.69, 9.17) is 4.74 Å². The summed E-state index contributed by atoms with van der Waals surface area (Å²) >= 11 is 0. The van der Waals surface area contributed by atoms with E-state index in [0.29, 0.717) is 6.10 Å². The van der Waals surface area contributed by atoms with E-state index >= 15 is 0 Å². The third-order valence-corrected chi connectivity index (χ3v) is 1.24. The summed E-state index contributed by atoms with van der Waals surface area (Å²) < 4.78 is 5.05. The fraction of sp³-hybridized carbons (Fsp3) is 1.00. The van der Waals surface area contributed by atoms with Gasteiger partial charge in [-0.25, -0.2) is 0 Å². The van der Waals surface area contributed by atoms with Crippen LogP contribution in [-0.2, 0) is 4.74 Å². The van der Waals surface area contributed by atoms with Crippen LogP contribution in [0.1, 0.15) is 67.2 Å². The second-order valence-corrected chi connectivity index (χ2v) is 3.09. The summed E-state index contributed by atoms with van der Waals surface area (Å²) in [7, 11) is 1.76. The van der Waals surface area contributed by atoms with Crippen LogP contribution in [0.5, 0.6) is 0 Å². The Balaban J connectivity index is -0.000000140. The van der Waals surface area contributed by atoms with Crippen LogP contribution >= 0.6 is 0 Å². The van der Waals surface area contributed by atoms with Crippen LogP contribution < -0.4 is 0 Å². The van der Waals surface area contributed by atoms with Gasteiger partial charge in [-0.1, -0.05) is 54.4 Å². The van der Waals surface area contributed by atoms with E-state index in [9.17, 15) is 0 Å². The van der Waals surface area contributed by atoms with Gasteiger partial charge < -0.3 is 4.74 Å². The summed E-state index contributed by atoms with van der Waals surface area (Å²) in [6, 6.07) is 0. The molecule has 0 N–H and O–H groups in total. The van der Waals surface area contributed by atoms with E-state index < -0.39 is 0 Å². The van der Waals surface area contributed by atoms with Crippen LogP contribution in [0, 0.1) is 0 Å². The lowest BCUT2D eigenvalue weighted by Crippen LogP contribution is -2.05. The summed E-state index contributed by atoms with van der Waals surface area (Å²) in [4.78, 5) is 0. The maximum absolute atomic E-state index is 5.05. The molecule has 0 aromatic carbocycles. The molecule has 0 aliphatic carbocycles. The van der Waals surface area contributed by atoms with Gasteiger partial charge in [0.2, 0.25) is 0 Å². The van der Waals surface area contributed by atoms with E-state index in [0.717, 1.165) is 12.8 Å². The number of hydrogen-bond donors (Lipinski definition) is 0. The zero-order valence-corrected chi connectivity index (χ0v) is 10.8. The Morgan fingerprint density at radius 1 is 0.769 bits per heavy atom. The summed E-state index contributed by atoms with van der Waals surface area (Å²) in [5.74, 6) is 0. The van der Waals surface area contributed by atoms with Gasteiger partial charge in [-0.3, -0.25) is 0 Å². The van der Waals surface area contributed by atoms with Crippen LogP contribution in [0.3, 0.4) is 0 Å². The van der Waals surface area contributed by atoms with Crippen molar-refractivity contribution in [2.24, 2.45) is 0 Å². The molecule has 0 fully saturated rings. The van der Waals surface area contributed by atoms with Crippen molar-refractivity contribution in [3.05, 3.63) is 0 Å². The van der Waals surface area contributed by atoms with Gasteiger partial charge in [0.1, 0.15) is 0 Å². The Morgan fingerprint density at radius 3 is 1.00 bits per heavy atom. The molecule has 0 aromatic heterocycles. The minimum absolute atomic E-state index is 0.486. The lowest BCUT2D eigenvalue weighted by Gasteiger charge is -2.07. The Labute approximate surface area is 85.9 Å². The topological polar surface area (TPSA) is 9.23 Å². The van der Waals surface area contributed by atoms with E-state index in [1.165, 1.54) is 12.8 Å². The molecule has 0 aliphatic heterocycles. The Morgan fingerprint density at radius 2 is 1.00 bits per heavy atom. The number of ether oxygens (including phenoxy) is 1. The second kappa shape index (κ2) is 22.7. The molecule has 0 spiro atoms. The molecule has 0 saturated heterocycles. The lowest BCUT2D eigenvalue weighted by molar-refractivity contribution is 0.0964. The maximum atomic E-state index is 5.05. The molecule has 0 radical (unpaired) electrons. The first-order valence-electron chi connectivity index (χ1n) is 5.70. The SMILES string of the molecule is CCC.CCC.CCC(CC)OC. The largest absolute Gasteiger partial charge is 0.381 e. The molecule has 0 saturated carbocycles. The fourth-order valence-corrected chi connectivity index (χ4v) is 0.622. The molecule has 1 heteroatoms. The molecule has 13 heavy (non-hydrogen) atoms. The molecule has 0 atom stereocenters. The lowest BCUT2D eigenvalue weighted by atomic mass is 10.2. The highest BCUT2D eigenvalue weighted by molar-refractivity contribution is 4.47. The molecule has 0 aliphatic rings. The summed E-state index contributed by atoms with van der Waals surface area (Å²) in [6.07, 6.45) is 5.25. The molecule has 0 unspecified atom stereocenters. The Bertz CT molecular complexity index is 41.6. The van der Waals surface area contributed by atoms with Gasteiger partial charge in [0.15, 0.2) is 0 Å². The minimum atomic E-state index is 0.486. The zero-order chi connectivity index (χ0) is 11.1. The number of hydrogen-bond acceptors (Lipinski definition) is 1. The van der Waals surface area contributed by atoms with Crippen molar-refractivity contribution in [1.29, 1.82) is 0 Å². The van der Waals surface area contributed by atoms with Crippen molar-refractivity contribution < 1.29 is 4.74 Å². The van der Waals surface area contributed by atoms with Crippen LogP contribution in [0.4, 0.5) is 0 Å². The fourth-order valence-electron chi connectivity index (χ4n) is 0.622. The maximum Gasteiger partial charge on any atom is 0.0566 e. The van der Waals surface area contributed by atoms with Gasteiger partial charge in [-0.15, -0.1) is 0 Å². The standard InChI is InChI=1S/C6H14O.2C3H8/c1-4-6(5-2)7-3;2*1-3-2/h6H,4-5H2,1-3H3;2*3H2,1-2H3. The average Bonchev–Trinajstić information content (AvgIpc) is 2.10. The molecule has 0 heterocycles. The quantitative estimate of drug-likeness (QED) is 0.629. The number of methoxy groups -OCH3 is 1. The van der Waals surface area contributed by atoms with Crippen molar-refractivity contribution in [3.63, 3.8) is 0 Å². The highest BCUT2D eigenvalue weighted by Gasteiger charge is 1.96.